The Bertz CT molecular complexity index is 466. The molecule has 2 heterocycles. The zero-order valence-corrected chi connectivity index (χ0v) is 13.2. The first kappa shape index (κ1) is 14.2. The normalized spacial score (nSPS) is 24.8. The summed E-state index contributed by atoms with van der Waals surface area (Å²) in [5.41, 5.74) is 2.71. The van der Waals surface area contributed by atoms with E-state index in [1.807, 2.05) is 0 Å². The molecule has 1 aromatic carbocycles. The van der Waals surface area contributed by atoms with Gasteiger partial charge in [-0.1, -0.05) is 18.2 Å². The van der Waals surface area contributed by atoms with Gasteiger partial charge in [0.2, 0.25) is 0 Å². The number of fused-ring (bicyclic) bond motifs is 1. The van der Waals surface area contributed by atoms with E-state index in [-0.39, 0.29) is 0 Å². The first-order valence-corrected chi connectivity index (χ1v) is 8.66. The van der Waals surface area contributed by atoms with E-state index in [9.17, 15) is 0 Å². The molecular weight excluding hydrogens is 268 g/mol. The molecule has 2 aliphatic rings. The van der Waals surface area contributed by atoms with Crippen molar-refractivity contribution in [1.82, 2.24) is 10.2 Å². The Morgan fingerprint density at radius 1 is 1.45 bits per heavy atom. The van der Waals surface area contributed by atoms with Crippen molar-refractivity contribution < 1.29 is 4.74 Å². The maximum absolute atomic E-state index is 6.00. The number of hydrogen-bond acceptors (Lipinski definition) is 4. The van der Waals surface area contributed by atoms with Crippen LogP contribution in [-0.4, -0.2) is 49.7 Å². The van der Waals surface area contributed by atoms with Crippen LogP contribution < -0.4 is 10.1 Å². The van der Waals surface area contributed by atoms with Gasteiger partial charge in [-0.3, -0.25) is 4.90 Å². The summed E-state index contributed by atoms with van der Waals surface area (Å²) in [6.07, 6.45) is 2.29. The van der Waals surface area contributed by atoms with Crippen LogP contribution >= 0.6 is 11.8 Å². The lowest BCUT2D eigenvalue weighted by molar-refractivity contribution is 0.214. The summed E-state index contributed by atoms with van der Waals surface area (Å²) in [5, 5.41) is 3.53. The number of ether oxygens (including phenoxy) is 1. The Kier molecular flexibility index (Phi) is 4.54. The molecule has 0 spiro atoms. The van der Waals surface area contributed by atoms with Crippen LogP contribution in [0, 0.1) is 0 Å². The van der Waals surface area contributed by atoms with Crippen molar-refractivity contribution in [3.63, 3.8) is 0 Å². The minimum Gasteiger partial charge on any atom is -0.493 e. The second-order valence-corrected chi connectivity index (χ2v) is 6.83. The number of para-hydroxylation sites is 1. The lowest BCUT2D eigenvalue weighted by Gasteiger charge is -2.38. The van der Waals surface area contributed by atoms with Gasteiger partial charge in [0.1, 0.15) is 5.75 Å². The van der Waals surface area contributed by atoms with Crippen molar-refractivity contribution in [1.29, 1.82) is 0 Å². The highest BCUT2D eigenvalue weighted by molar-refractivity contribution is 7.99. The molecule has 1 saturated heterocycles. The number of hydrogen-bond donors (Lipinski definition) is 1. The number of rotatable bonds is 3. The second kappa shape index (κ2) is 6.37. The average Bonchev–Trinajstić information content (AvgIpc) is 2.50. The summed E-state index contributed by atoms with van der Waals surface area (Å²) < 4.78 is 6.00. The summed E-state index contributed by atoms with van der Waals surface area (Å²) in [4.78, 5) is 2.49. The molecule has 3 rings (SSSR count). The molecule has 20 heavy (non-hydrogen) atoms. The van der Waals surface area contributed by atoms with Crippen LogP contribution in [0.3, 0.4) is 0 Å². The van der Waals surface area contributed by atoms with E-state index in [2.05, 4.69) is 54.3 Å². The Hall–Kier alpha value is -0.710. The topological polar surface area (TPSA) is 24.5 Å². The first-order chi connectivity index (χ1) is 9.81. The van der Waals surface area contributed by atoms with Gasteiger partial charge in [-0.15, -0.1) is 0 Å². The van der Waals surface area contributed by atoms with E-state index in [4.69, 9.17) is 4.74 Å². The van der Waals surface area contributed by atoms with E-state index in [1.165, 1.54) is 29.2 Å². The molecule has 0 radical (unpaired) electrons. The van der Waals surface area contributed by atoms with Gasteiger partial charge in [-0.05, 0) is 32.5 Å². The van der Waals surface area contributed by atoms with E-state index < -0.39 is 0 Å². The van der Waals surface area contributed by atoms with Gasteiger partial charge in [0.25, 0.3) is 0 Å². The van der Waals surface area contributed by atoms with Crippen LogP contribution in [-0.2, 0) is 6.42 Å². The van der Waals surface area contributed by atoms with Crippen LogP contribution in [0.4, 0.5) is 0 Å². The minimum atomic E-state index is 0.348. The Balaban J connectivity index is 1.92. The molecule has 0 bridgehead atoms. The van der Waals surface area contributed by atoms with E-state index in [0.29, 0.717) is 12.1 Å². The molecule has 1 N–H and O–H groups in total. The van der Waals surface area contributed by atoms with Crippen molar-refractivity contribution in [2.45, 2.75) is 24.9 Å². The van der Waals surface area contributed by atoms with Crippen molar-refractivity contribution >= 4 is 11.8 Å². The summed E-state index contributed by atoms with van der Waals surface area (Å²) in [6, 6.07) is 7.52. The molecule has 4 heteroatoms. The number of thioether (sulfide) groups is 1. The fourth-order valence-electron chi connectivity index (χ4n) is 3.27. The molecule has 2 atom stereocenters. The molecule has 3 nitrogen and oxygen atoms in total. The number of aryl methyl sites for hydroxylation is 1. The maximum atomic E-state index is 6.00. The van der Waals surface area contributed by atoms with Crippen molar-refractivity contribution in [3.05, 3.63) is 29.3 Å². The zero-order chi connectivity index (χ0) is 13.9. The third-order valence-corrected chi connectivity index (χ3v) is 5.49. The van der Waals surface area contributed by atoms with Gasteiger partial charge in [-0.2, -0.15) is 11.8 Å². The van der Waals surface area contributed by atoms with E-state index >= 15 is 0 Å². The predicted molar refractivity (Wildman–Crippen MR) is 85.8 cm³/mol. The van der Waals surface area contributed by atoms with Crippen LogP contribution in [0.5, 0.6) is 5.75 Å². The van der Waals surface area contributed by atoms with Crippen molar-refractivity contribution in [3.8, 4) is 5.75 Å². The standard InChI is InChI=1S/C16H24N2OS/c1-17-15(14-11-20-10-8-18(14)2)13-7-3-5-12-6-4-9-19-16(12)13/h3,5,7,14-15,17H,4,6,8-11H2,1-2H3. The van der Waals surface area contributed by atoms with Crippen LogP contribution in [0.2, 0.25) is 0 Å². The smallest absolute Gasteiger partial charge is 0.127 e. The highest BCUT2D eigenvalue weighted by Gasteiger charge is 2.31. The average molecular weight is 292 g/mol. The van der Waals surface area contributed by atoms with Crippen LogP contribution in [0.25, 0.3) is 0 Å². The number of nitrogens with one attached hydrogen (secondary N) is 1. The third kappa shape index (κ3) is 2.69. The van der Waals surface area contributed by atoms with E-state index in [1.54, 1.807) is 0 Å². The number of nitrogens with zero attached hydrogens (tertiary/aromatic N) is 1. The number of benzene rings is 1. The van der Waals surface area contributed by atoms with Crippen molar-refractivity contribution in [2.24, 2.45) is 0 Å². The zero-order valence-electron chi connectivity index (χ0n) is 12.4. The van der Waals surface area contributed by atoms with Gasteiger partial charge in [-0.25, -0.2) is 0 Å². The lowest BCUT2D eigenvalue weighted by atomic mass is 9.94. The number of likely N-dealkylation sites (N-methyl/N-ethyl adjacent to an activating group) is 2. The maximum Gasteiger partial charge on any atom is 0.127 e. The van der Waals surface area contributed by atoms with E-state index in [0.717, 1.165) is 25.2 Å². The quantitative estimate of drug-likeness (QED) is 0.924. The summed E-state index contributed by atoms with van der Waals surface area (Å²) >= 11 is 2.06. The highest BCUT2D eigenvalue weighted by Crippen LogP contribution is 2.36. The molecule has 2 unspecified atom stereocenters. The van der Waals surface area contributed by atoms with Gasteiger partial charge in [0.15, 0.2) is 0 Å². The largest absolute Gasteiger partial charge is 0.493 e. The fraction of sp³-hybridized carbons (Fsp3) is 0.625. The molecule has 0 aromatic heterocycles. The Morgan fingerprint density at radius 3 is 3.15 bits per heavy atom. The molecule has 0 amide bonds. The lowest BCUT2D eigenvalue weighted by Crippen LogP contribution is -2.47. The van der Waals surface area contributed by atoms with Gasteiger partial charge in [0, 0.05) is 29.7 Å². The Labute approximate surface area is 126 Å². The second-order valence-electron chi connectivity index (χ2n) is 5.68. The van der Waals surface area contributed by atoms with Gasteiger partial charge in [0.05, 0.1) is 12.6 Å². The first-order valence-electron chi connectivity index (χ1n) is 7.51. The SMILES string of the molecule is CNC(c1cccc2c1OCCC2)C1CSCCN1C. The molecule has 0 saturated carbocycles. The molecule has 2 aliphatic heterocycles. The molecule has 1 aromatic rings. The predicted octanol–water partition coefficient (Wildman–Crippen LogP) is 2.32. The minimum absolute atomic E-state index is 0.348. The van der Waals surface area contributed by atoms with Gasteiger partial charge < -0.3 is 10.1 Å². The van der Waals surface area contributed by atoms with Crippen LogP contribution in [0.15, 0.2) is 18.2 Å². The summed E-state index contributed by atoms with van der Waals surface area (Å²) in [5.74, 6) is 3.57. The molecular formula is C16H24N2OS. The highest BCUT2D eigenvalue weighted by atomic mass is 32.2. The Morgan fingerprint density at radius 2 is 2.35 bits per heavy atom. The molecule has 110 valence electrons. The monoisotopic (exact) mass is 292 g/mol. The summed E-state index contributed by atoms with van der Waals surface area (Å²) in [7, 11) is 4.31. The summed E-state index contributed by atoms with van der Waals surface area (Å²) in [6.45, 7) is 2.03. The molecule has 0 aliphatic carbocycles. The van der Waals surface area contributed by atoms with Gasteiger partial charge >= 0.3 is 0 Å². The fourth-order valence-corrected chi connectivity index (χ4v) is 4.54. The van der Waals surface area contributed by atoms with Crippen LogP contribution in [0.1, 0.15) is 23.6 Å². The molecule has 1 fully saturated rings. The third-order valence-electron chi connectivity index (χ3n) is 4.44. The van der Waals surface area contributed by atoms with Crippen molar-refractivity contribution in [2.75, 3.05) is 38.8 Å².